The van der Waals surface area contributed by atoms with E-state index in [-0.39, 0.29) is 11.9 Å². The van der Waals surface area contributed by atoms with Crippen molar-refractivity contribution in [2.75, 3.05) is 0 Å². The van der Waals surface area contributed by atoms with E-state index in [0.717, 1.165) is 29.3 Å². The first-order chi connectivity index (χ1) is 8.56. The van der Waals surface area contributed by atoms with Crippen LogP contribution < -0.4 is 11.1 Å². The number of nitrogens with two attached hydrogens (primary N) is 1. The Morgan fingerprint density at radius 1 is 1.33 bits per heavy atom. The van der Waals surface area contributed by atoms with Gasteiger partial charge < -0.3 is 11.1 Å². The summed E-state index contributed by atoms with van der Waals surface area (Å²) in [7, 11) is 0. The largest absolute Gasteiger partial charge is 0.349 e. The summed E-state index contributed by atoms with van der Waals surface area (Å²) in [5.74, 6) is -0.0395. The molecule has 0 heterocycles. The van der Waals surface area contributed by atoms with Crippen molar-refractivity contribution >= 4 is 40.1 Å². The fourth-order valence-electron chi connectivity index (χ4n) is 2.20. The van der Waals surface area contributed by atoms with Crippen LogP contribution >= 0.6 is 34.2 Å². The lowest BCUT2D eigenvalue weighted by Crippen LogP contribution is -2.40. The van der Waals surface area contributed by atoms with E-state index in [1.54, 1.807) is 12.1 Å². The van der Waals surface area contributed by atoms with Crippen molar-refractivity contribution in [3.05, 3.63) is 32.4 Å². The van der Waals surface area contributed by atoms with Crippen LogP contribution in [0.25, 0.3) is 0 Å². The maximum Gasteiger partial charge on any atom is 0.252 e. The Morgan fingerprint density at radius 2 is 2.00 bits per heavy atom. The lowest BCUT2D eigenvalue weighted by Gasteiger charge is -2.27. The number of halogens is 2. The standard InChI is InChI=1S/C13H16ClIN2O/c14-8-1-6-12(15)11(7-8)13(18)17-10-4-2-9(16)3-5-10/h1,6-7,9-10H,2-5,16H2,(H,17,18). The van der Waals surface area contributed by atoms with E-state index in [2.05, 4.69) is 27.9 Å². The van der Waals surface area contributed by atoms with Crippen molar-refractivity contribution in [3.63, 3.8) is 0 Å². The summed E-state index contributed by atoms with van der Waals surface area (Å²) in [5, 5.41) is 3.65. The molecule has 0 aromatic heterocycles. The number of rotatable bonds is 2. The third kappa shape index (κ3) is 3.59. The van der Waals surface area contributed by atoms with Crippen molar-refractivity contribution in [2.45, 2.75) is 37.8 Å². The fraction of sp³-hybridized carbons (Fsp3) is 0.462. The van der Waals surface area contributed by atoms with Crippen molar-refractivity contribution in [1.29, 1.82) is 0 Å². The van der Waals surface area contributed by atoms with E-state index in [1.165, 1.54) is 0 Å². The first-order valence-corrected chi connectivity index (χ1v) is 7.53. The molecule has 1 fully saturated rings. The summed E-state index contributed by atoms with van der Waals surface area (Å²) in [6, 6.07) is 5.90. The van der Waals surface area contributed by atoms with Crippen LogP contribution in [0.4, 0.5) is 0 Å². The number of carbonyl (C=O) groups is 1. The molecule has 0 saturated heterocycles. The monoisotopic (exact) mass is 378 g/mol. The lowest BCUT2D eigenvalue weighted by molar-refractivity contribution is 0.0925. The molecule has 0 atom stereocenters. The molecule has 0 spiro atoms. The maximum absolute atomic E-state index is 12.2. The van der Waals surface area contributed by atoms with Gasteiger partial charge in [0.05, 0.1) is 5.56 Å². The van der Waals surface area contributed by atoms with Gasteiger partial charge in [0.1, 0.15) is 0 Å². The summed E-state index contributed by atoms with van der Waals surface area (Å²) < 4.78 is 0.919. The SMILES string of the molecule is NC1CCC(NC(=O)c2cc(Cl)ccc2I)CC1. The first-order valence-electron chi connectivity index (χ1n) is 6.08. The number of nitrogens with one attached hydrogen (secondary N) is 1. The van der Waals surface area contributed by atoms with E-state index in [0.29, 0.717) is 16.6 Å². The normalized spacial score (nSPS) is 23.7. The topological polar surface area (TPSA) is 55.1 Å². The van der Waals surface area contributed by atoms with Gasteiger partial charge in [0, 0.05) is 20.7 Å². The second kappa shape index (κ2) is 6.21. The van der Waals surface area contributed by atoms with Crippen LogP contribution in [0.15, 0.2) is 18.2 Å². The number of hydrogen-bond acceptors (Lipinski definition) is 2. The Kier molecular flexibility index (Phi) is 4.86. The van der Waals surface area contributed by atoms with E-state index < -0.39 is 0 Å². The van der Waals surface area contributed by atoms with Gasteiger partial charge in [0.2, 0.25) is 0 Å². The van der Waals surface area contributed by atoms with Gasteiger partial charge in [0.15, 0.2) is 0 Å². The van der Waals surface area contributed by atoms with Gasteiger partial charge in [-0.05, 0) is 66.5 Å². The summed E-state index contributed by atoms with van der Waals surface area (Å²) in [5.41, 5.74) is 6.50. The van der Waals surface area contributed by atoms with Gasteiger partial charge in [-0.3, -0.25) is 4.79 Å². The van der Waals surface area contributed by atoms with Gasteiger partial charge in [-0.25, -0.2) is 0 Å². The molecule has 1 saturated carbocycles. The fourth-order valence-corrected chi connectivity index (χ4v) is 2.95. The van der Waals surface area contributed by atoms with Gasteiger partial charge in [-0.2, -0.15) is 0 Å². The third-order valence-electron chi connectivity index (χ3n) is 3.28. The lowest BCUT2D eigenvalue weighted by atomic mass is 9.91. The van der Waals surface area contributed by atoms with Crippen LogP contribution in [0.1, 0.15) is 36.0 Å². The Hall–Kier alpha value is -0.330. The Balaban J connectivity index is 2.01. The molecule has 0 aliphatic heterocycles. The molecule has 18 heavy (non-hydrogen) atoms. The van der Waals surface area contributed by atoms with E-state index in [4.69, 9.17) is 17.3 Å². The highest BCUT2D eigenvalue weighted by atomic mass is 127. The molecule has 1 aliphatic carbocycles. The molecule has 1 amide bonds. The van der Waals surface area contributed by atoms with Crippen molar-refractivity contribution in [3.8, 4) is 0 Å². The molecule has 1 aromatic rings. The summed E-state index contributed by atoms with van der Waals surface area (Å²) >= 11 is 8.07. The molecule has 1 aromatic carbocycles. The third-order valence-corrected chi connectivity index (χ3v) is 4.46. The van der Waals surface area contributed by atoms with Gasteiger partial charge in [-0.1, -0.05) is 11.6 Å². The van der Waals surface area contributed by atoms with Gasteiger partial charge >= 0.3 is 0 Å². The Morgan fingerprint density at radius 3 is 2.67 bits per heavy atom. The number of hydrogen-bond donors (Lipinski definition) is 2. The second-order valence-electron chi connectivity index (χ2n) is 4.71. The minimum Gasteiger partial charge on any atom is -0.349 e. The van der Waals surface area contributed by atoms with Gasteiger partial charge in [0.25, 0.3) is 5.91 Å². The van der Waals surface area contributed by atoms with Crippen LogP contribution in [-0.2, 0) is 0 Å². The average Bonchev–Trinajstić information content (AvgIpc) is 2.35. The van der Waals surface area contributed by atoms with Crippen molar-refractivity contribution in [2.24, 2.45) is 5.73 Å². The minimum absolute atomic E-state index is 0.0395. The molecular formula is C13H16ClIN2O. The zero-order chi connectivity index (χ0) is 13.1. The Bertz CT molecular complexity index is 445. The van der Waals surface area contributed by atoms with Crippen molar-refractivity contribution < 1.29 is 4.79 Å². The van der Waals surface area contributed by atoms with E-state index >= 15 is 0 Å². The highest BCUT2D eigenvalue weighted by Gasteiger charge is 2.21. The summed E-state index contributed by atoms with van der Waals surface area (Å²) in [6.07, 6.45) is 3.89. The van der Waals surface area contributed by atoms with Crippen LogP contribution in [0.5, 0.6) is 0 Å². The zero-order valence-electron chi connectivity index (χ0n) is 9.96. The molecule has 2 rings (SSSR count). The first kappa shape index (κ1) is 14.1. The van der Waals surface area contributed by atoms with Crippen LogP contribution in [-0.4, -0.2) is 18.0 Å². The highest BCUT2D eigenvalue weighted by molar-refractivity contribution is 14.1. The molecule has 3 N–H and O–H groups in total. The predicted octanol–water partition coefficient (Wildman–Crippen LogP) is 2.94. The summed E-state index contributed by atoms with van der Waals surface area (Å²) in [4.78, 5) is 12.2. The molecule has 0 bridgehead atoms. The van der Waals surface area contributed by atoms with Crippen LogP contribution in [0.3, 0.4) is 0 Å². The Labute approximate surface area is 126 Å². The average molecular weight is 379 g/mol. The number of carbonyl (C=O) groups excluding carboxylic acids is 1. The second-order valence-corrected chi connectivity index (χ2v) is 6.31. The number of amides is 1. The zero-order valence-corrected chi connectivity index (χ0v) is 12.9. The van der Waals surface area contributed by atoms with Crippen LogP contribution in [0, 0.1) is 3.57 Å². The molecule has 98 valence electrons. The molecule has 1 aliphatic rings. The smallest absolute Gasteiger partial charge is 0.252 e. The molecule has 5 heteroatoms. The molecular weight excluding hydrogens is 363 g/mol. The molecule has 0 radical (unpaired) electrons. The van der Waals surface area contributed by atoms with Crippen LogP contribution in [0.2, 0.25) is 5.02 Å². The van der Waals surface area contributed by atoms with Gasteiger partial charge in [-0.15, -0.1) is 0 Å². The summed E-state index contributed by atoms with van der Waals surface area (Å²) in [6.45, 7) is 0. The number of benzene rings is 1. The molecule has 0 unspecified atom stereocenters. The quantitative estimate of drug-likeness (QED) is 0.778. The predicted molar refractivity (Wildman–Crippen MR) is 81.9 cm³/mol. The van der Waals surface area contributed by atoms with E-state index in [9.17, 15) is 4.79 Å². The minimum atomic E-state index is -0.0395. The maximum atomic E-state index is 12.2. The highest BCUT2D eigenvalue weighted by Crippen LogP contribution is 2.20. The molecule has 3 nitrogen and oxygen atoms in total. The van der Waals surface area contributed by atoms with Crippen molar-refractivity contribution in [1.82, 2.24) is 5.32 Å². The van der Waals surface area contributed by atoms with E-state index in [1.807, 2.05) is 6.07 Å².